The number of hydrogen-bond donors (Lipinski definition) is 2. The van der Waals surface area contributed by atoms with E-state index >= 15 is 0 Å². The van der Waals surface area contributed by atoms with E-state index in [4.69, 9.17) is 16.3 Å². The lowest BCUT2D eigenvalue weighted by molar-refractivity contribution is -0.119. The fraction of sp³-hybridized carbons (Fsp3) is 0.167. The van der Waals surface area contributed by atoms with Crippen molar-refractivity contribution >= 4 is 40.8 Å². The first-order valence-corrected chi connectivity index (χ1v) is 7.84. The van der Waals surface area contributed by atoms with Crippen LogP contribution in [0.15, 0.2) is 42.5 Å². The molecule has 0 unspecified atom stereocenters. The third-order valence-electron chi connectivity index (χ3n) is 3.29. The molecule has 0 atom stereocenters. The average molecular weight is 361 g/mol. The number of halogens is 1. The van der Waals surface area contributed by atoms with E-state index in [9.17, 15) is 14.4 Å². The summed E-state index contributed by atoms with van der Waals surface area (Å²) in [5.41, 5.74) is 1.99. The normalized spacial score (nSPS) is 10.0. The molecule has 0 saturated heterocycles. The van der Waals surface area contributed by atoms with Gasteiger partial charge in [0.25, 0.3) is 5.91 Å². The van der Waals surface area contributed by atoms with Gasteiger partial charge in [0, 0.05) is 23.3 Å². The van der Waals surface area contributed by atoms with Gasteiger partial charge in [-0.05, 0) is 42.8 Å². The number of rotatable bonds is 5. The first-order valence-electron chi connectivity index (χ1n) is 7.46. The zero-order valence-corrected chi connectivity index (χ0v) is 14.5. The van der Waals surface area contributed by atoms with Gasteiger partial charge in [0.1, 0.15) is 0 Å². The first-order chi connectivity index (χ1) is 11.9. The number of carbonyl (C=O) groups excluding carboxylic acids is 3. The molecule has 25 heavy (non-hydrogen) atoms. The molecule has 0 aliphatic heterocycles. The lowest BCUT2D eigenvalue weighted by Gasteiger charge is -2.10. The highest BCUT2D eigenvalue weighted by molar-refractivity contribution is 6.31. The van der Waals surface area contributed by atoms with Crippen molar-refractivity contribution in [3.05, 3.63) is 58.6 Å². The Hall–Kier alpha value is -2.86. The Labute approximate surface area is 150 Å². The molecule has 2 aromatic carbocycles. The number of nitrogens with one attached hydrogen (secondary N) is 2. The summed E-state index contributed by atoms with van der Waals surface area (Å²) >= 11 is 5.99. The Kier molecular flexibility index (Phi) is 6.14. The molecule has 2 aromatic rings. The molecule has 0 bridgehead atoms. The molecule has 0 radical (unpaired) electrons. The van der Waals surface area contributed by atoms with Gasteiger partial charge in [0.15, 0.2) is 6.61 Å². The van der Waals surface area contributed by atoms with E-state index in [-0.39, 0.29) is 11.5 Å². The Morgan fingerprint density at radius 3 is 2.52 bits per heavy atom. The first kappa shape index (κ1) is 18.5. The lowest BCUT2D eigenvalue weighted by Crippen LogP contribution is -2.21. The molecule has 0 heterocycles. The fourth-order valence-electron chi connectivity index (χ4n) is 2.07. The maximum Gasteiger partial charge on any atom is 0.338 e. The van der Waals surface area contributed by atoms with Crippen molar-refractivity contribution in [2.24, 2.45) is 0 Å². The highest BCUT2D eigenvalue weighted by atomic mass is 35.5. The summed E-state index contributed by atoms with van der Waals surface area (Å²) < 4.78 is 5.00. The van der Waals surface area contributed by atoms with Crippen LogP contribution in [0.1, 0.15) is 22.8 Å². The maximum atomic E-state index is 12.0. The number of benzene rings is 2. The van der Waals surface area contributed by atoms with Gasteiger partial charge in [-0.1, -0.05) is 23.7 Å². The van der Waals surface area contributed by atoms with Crippen LogP contribution in [0.2, 0.25) is 5.02 Å². The van der Waals surface area contributed by atoms with Crippen LogP contribution in [-0.4, -0.2) is 24.4 Å². The number of esters is 1. The number of ether oxygens (including phenoxy) is 1. The van der Waals surface area contributed by atoms with Gasteiger partial charge >= 0.3 is 5.97 Å². The molecule has 2 rings (SSSR count). The summed E-state index contributed by atoms with van der Waals surface area (Å²) in [7, 11) is 0. The molecular weight excluding hydrogens is 344 g/mol. The SMILES string of the molecule is CC(=O)Nc1cccc(C(=O)OCC(=O)Nc2cccc(Cl)c2C)c1. The van der Waals surface area contributed by atoms with Crippen LogP contribution in [0.5, 0.6) is 0 Å². The Morgan fingerprint density at radius 1 is 1.08 bits per heavy atom. The summed E-state index contributed by atoms with van der Waals surface area (Å²) in [5.74, 6) is -1.39. The van der Waals surface area contributed by atoms with Gasteiger partial charge in [0.2, 0.25) is 5.91 Å². The van der Waals surface area contributed by atoms with Crippen molar-refractivity contribution in [2.45, 2.75) is 13.8 Å². The van der Waals surface area contributed by atoms with E-state index in [0.29, 0.717) is 16.4 Å². The molecule has 2 amide bonds. The van der Waals surface area contributed by atoms with Crippen LogP contribution >= 0.6 is 11.6 Å². The van der Waals surface area contributed by atoms with Gasteiger partial charge < -0.3 is 15.4 Å². The molecule has 6 nitrogen and oxygen atoms in total. The molecule has 7 heteroatoms. The van der Waals surface area contributed by atoms with E-state index in [2.05, 4.69) is 10.6 Å². The molecule has 0 spiro atoms. The van der Waals surface area contributed by atoms with Crippen molar-refractivity contribution in [2.75, 3.05) is 17.2 Å². The monoisotopic (exact) mass is 360 g/mol. The quantitative estimate of drug-likeness (QED) is 0.800. The smallest absolute Gasteiger partial charge is 0.338 e. The van der Waals surface area contributed by atoms with Gasteiger partial charge in [-0.2, -0.15) is 0 Å². The van der Waals surface area contributed by atoms with Gasteiger partial charge in [-0.15, -0.1) is 0 Å². The van der Waals surface area contributed by atoms with Crippen molar-refractivity contribution in [3.8, 4) is 0 Å². The second-order valence-electron chi connectivity index (χ2n) is 5.30. The number of anilines is 2. The third-order valence-corrected chi connectivity index (χ3v) is 3.70. The molecule has 2 N–H and O–H groups in total. The molecule has 0 saturated carbocycles. The summed E-state index contributed by atoms with van der Waals surface area (Å²) in [5, 5.41) is 5.74. The van der Waals surface area contributed by atoms with Crippen molar-refractivity contribution in [3.63, 3.8) is 0 Å². The average Bonchev–Trinajstić information content (AvgIpc) is 2.56. The largest absolute Gasteiger partial charge is 0.452 e. The van der Waals surface area contributed by atoms with E-state index in [0.717, 1.165) is 5.56 Å². The third kappa shape index (κ3) is 5.32. The second-order valence-corrected chi connectivity index (χ2v) is 5.71. The van der Waals surface area contributed by atoms with Crippen molar-refractivity contribution in [1.29, 1.82) is 0 Å². The lowest BCUT2D eigenvalue weighted by atomic mass is 10.2. The van der Waals surface area contributed by atoms with Crippen LogP contribution in [0.3, 0.4) is 0 Å². The standard InChI is InChI=1S/C18H17ClN2O4/c1-11-15(19)7-4-8-16(11)21-17(23)10-25-18(24)13-5-3-6-14(9-13)20-12(2)22/h3-9H,10H2,1-2H3,(H,20,22)(H,21,23). The minimum absolute atomic E-state index is 0.234. The van der Waals surface area contributed by atoms with E-state index < -0.39 is 18.5 Å². The summed E-state index contributed by atoms with van der Waals surface area (Å²) in [6, 6.07) is 11.4. The van der Waals surface area contributed by atoms with Crippen LogP contribution in [0.25, 0.3) is 0 Å². The highest BCUT2D eigenvalue weighted by Crippen LogP contribution is 2.22. The molecule has 130 valence electrons. The molecule has 0 aliphatic rings. The van der Waals surface area contributed by atoms with Crippen LogP contribution in [0.4, 0.5) is 11.4 Å². The van der Waals surface area contributed by atoms with Crippen molar-refractivity contribution < 1.29 is 19.1 Å². The fourth-order valence-corrected chi connectivity index (χ4v) is 2.25. The number of amides is 2. The molecule has 0 aliphatic carbocycles. The second kappa shape index (κ2) is 8.30. The van der Waals surface area contributed by atoms with E-state index in [1.807, 2.05) is 0 Å². The molecule has 0 fully saturated rings. The Morgan fingerprint density at radius 2 is 1.80 bits per heavy atom. The maximum absolute atomic E-state index is 12.0. The minimum Gasteiger partial charge on any atom is -0.452 e. The Balaban J connectivity index is 1.94. The highest BCUT2D eigenvalue weighted by Gasteiger charge is 2.12. The number of carbonyl (C=O) groups is 3. The molecule has 0 aromatic heterocycles. The summed E-state index contributed by atoms with van der Waals surface area (Å²) in [6.07, 6.45) is 0. The van der Waals surface area contributed by atoms with Crippen LogP contribution < -0.4 is 10.6 Å². The zero-order chi connectivity index (χ0) is 18.4. The number of hydrogen-bond acceptors (Lipinski definition) is 4. The Bertz CT molecular complexity index is 820. The zero-order valence-electron chi connectivity index (χ0n) is 13.8. The topological polar surface area (TPSA) is 84.5 Å². The van der Waals surface area contributed by atoms with Gasteiger partial charge in [-0.25, -0.2) is 4.79 Å². The van der Waals surface area contributed by atoms with E-state index in [1.165, 1.54) is 19.1 Å². The van der Waals surface area contributed by atoms with Gasteiger partial charge in [-0.3, -0.25) is 9.59 Å². The van der Waals surface area contributed by atoms with Crippen LogP contribution in [-0.2, 0) is 14.3 Å². The van der Waals surface area contributed by atoms with Crippen LogP contribution in [0, 0.1) is 6.92 Å². The van der Waals surface area contributed by atoms with Crippen molar-refractivity contribution in [1.82, 2.24) is 0 Å². The minimum atomic E-state index is -0.662. The summed E-state index contributed by atoms with van der Waals surface area (Å²) in [4.78, 5) is 35.0. The summed E-state index contributed by atoms with van der Waals surface area (Å²) in [6.45, 7) is 2.71. The molecular formula is C18H17ClN2O4. The predicted octanol–water partition coefficient (Wildman–Crippen LogP) is 3.40. The van der Waals surface area contributed by atoms with Gasteiger partial charge in [0.05, 0.1) is 5.56 Å². The predicted molar refractivity (Wildman–Crippen MR) is 95.8 cm³/mol. The van der Waals surface area contributed by atoms with E-state index in [1.54, 1.807) is 37.3 Å².